The van der Waals surface area contributed by atoms with Gasteiger partial charge in [-0.3, -0.25) is 4.90 Å². The zero-order chi connectivity index (χ0) is 20.3. The smallest absolute Gasteiger partial charge is 0.380 e. The van der Waals surface area contributed by atoms with Gasteiger partial charge in [-0.1, -0.05) is 13.8 Å². The number of rotatable bonds is 8. The first kappa shape index (κ1) is 22.8. The van der Waals surface area contributed by atoms with Crippen molar-refractivity contribution in [2.45, 2.75) is 56.8 Å². The van der Waals surface area contributed by atoms with Crippen LogP contribution >= 0.6 is 0 Å². The molecule has 0 aromatic rings. The Labute approximate surface area is 148 Å². The van der Waals surface area contributed by atoms with Gasteiger partial charge in [0.25, 0.3) is 5.54 Å². The quantitative estimate of drug-likeness (QED) is 0.593. The summed E-state index contributed by atoms with van der Waals surface area (Å²) in [6.45, 7) is 0.503. The molecule has 1 heterocycles. The topological polar surface area (TPSA) is 42.0 Å². The van der Waals surface area contributed by atoms with Crippen LogP contribution in [0.4, 0.5) is 31.1 Å². The molecule has 1 rings (SSSR count). The van der Waals surface area contributed by atoms with Gasteiger partial charge in [0, 0.05) is 27.3 Å². The Bertz CT molecular complexity index is 461. The van der Waals surface area contributed by atoms with Crippen LogP contribution in [0, 0.1) is 0 Å². The van der Waals surface area contributed by atoms with Crippen LogP contribution in [0.25, 0.3) is 0 Å². The lowest BCUT2D eigenvalue weighted by atomic mass is 9.96. The minimum Gasteiger partial charge on any atom is -0.380 e. The maximum Gasteiger partial charge on any atom is 0.422 e. The molecule has 0 aromatic heterocycles. The summed E-state index contributed by atoms with van der Waals surface area (Å²) < 4.78 is 91.9. The molecule has 2 atom stereocenters. The van der Waals surface area contributed by atoms with Crippen molar-refractivity contribution in [2.24, 2.45) is 0 Å². The number of halogens is 6. The number of urea groups is 1. The van der Waals surface area contributed by atoms with Gasteiger partial charge in [-0.25, -0.2) is 4.79 Å². The van der Waals surface area contributed by atoms with Crippen molar-refractivity contribution in [1.82, 2.24) is 9.80 Å². The molecule has 1 saturated heterocycles. The van der Waals surface area contributed by atoms with Gasteiger partial charge in [-0.15, -0.1) is 0 Å². The van der Waals surface area contributed by atoms with Gasteiger partial charge in [-0.05, 0) is 12.8 Å². The van der Waals surface area contributed by atoms with Gasteiger partial charge in [0.05, 0.1) is 18.8 Å². The van der Waals surface area contributed by atoms with E-state index in [9.17, 15) is 31.1 Å². The monoisotopic (exact) mass is 394 g/mol. The molecule has 0 N–H and O–H groups in total. The Hall–Kier alpha value is -1.23. The van der Waals surface area contributed by atoms with Crippen molar-refractivity contribution < 1.29 is 40.6 Å². The van der Waals surface area contributed by atoms with E-state index in [-0.39, 0.29) is 17.9 Å². The number of carbonyl (C=O) groups is 1. The van der Waals surface area contributed by atoms with Crippen LogP contribution in [0.3, 0.4) is 0 Å². The van der Waals surface area contributed by atoms with Crippen molar-refractivity contribution >= 4 is 6.03 Å². The summed E-state index contributed by atoms with van der Waals surface area (Å²) >= 11 is 0. The zero-order valence-electron chi connectivity index (χ0n) is 15.1. The highest BCUT2D eigenvalue weighted by Gasteiger charge is 2.78. The van der Waals surface area contributed by atoms with Crippen molar-refractivity contribution in [3.05, 3.63) is 0 Å². The van der Waals surface area contributed by atoms with Crippen molar-refractivity contribution in [2.75, 3.05) is 33.9 Å². The normalized spacial score (nSPS) is 20.6. The number of hydrogen-bond acceptors (Lipinski definition) is 3. The summed E-state index contributed by atoms with van der Waals surface area (Å²) in [7, 11) is 2.46. The number of alkyl halides is 6. The summed E-state index contributed by atoms with van der Waals surface area (Å²) in [6, 6.07) is -1.33. The van der Waals surface area contributed by atoms with Gasteiger partial charge >= 0.3 is 18.4 Å². The third-order valence-electron chi connectivity index (χ3n) is 4.71. The van der Waals surface area contributed by atoms with E-state index in [1.807, 2.05) is 0 Å². The minimum absolute atomic E-state index is 0.146. The van der Waals surface area contributed by atoms with Crippen LogP contribution in [0.1, 0.15) is 26.7 Å². The third kappa shape index (κ3) is 4.03. The predicted octanol–water partition coefficient (Wildman–Crippen LogP) is 3.44. The van der Waals surface area contributed by atoms with E-state index in [4.69, 9.17) is 9.47 Å². The SMILES string of the molecule is CCC(CN1CC(C(F)(F)F)(C(F)(F)F)N(CC(CC)OC)C1=O)OC. The number of hydrogen-bond donors (Lipinski definition) is 0. The highest BCUT2D eigenvalue weighted by molar-refractivity contribution is 5.79. The number of amides is 2. The second-order valence-corrected chi connectivity index (χ2v) is 6.16. The van der Waals surface area contributed by atoms with Crippen LogP contribution in [-0.2, 0) is 9.47 Å². The van der Waals surface area contributed by atoms with Crippen molar-refractivity contribution in [3.63, 3.8) is 0 Å². The Morgan fingerprint density at radius 2 is 1.38 bits per heavy atom. The molecule has 0 saturated carbocycles. The van der Waals surface area contributed by atoms with E-state index in [2.05, 4.69) is 0 Å². The Balaban J connectivity index is 3.39. The van der Waals surface area contributed by atoms with E-state index >= 15 is 0 Å². The van der Waals surface area contributed by atoms with Gasteiger partial charge in [0.1, 0.15) is 0 Å². The Morgan fingerprint density at radius 3 is 1.73 bits per heavy atom. The first-order chi connectivity index (χ1) is 11.9. The number of nitrogens with zero attached hydrogens (tertiary/aromatic N) is 2. The standard InChI is InChI=1S/C15H24F6N2O3/c1-5-10(25-3)7-22-9-13(14(16,17)18,15(19,20)21)23(12(22)24)8-11(6-2)26-4/h10-11H,5-9H2,1-4H3. The molecule has 1 aliphatic rings. The average Bonchev–Trinajstić information content (AvgIpc) is 2.83. The molecule has 154 valence electrons. The lowest BCUT2D eigenvalue weighted by Gasteiger charge is -2.40. The molecular formula is C15H24F6N2O3. The predicted molar refractivity (Wildman–Crippen MR) is 80.7 cm³/mol. The Kier molecular flexibility index (Phi) is 7.19. The summed E-state index contributed by atoms with van der Waals surface area (Å²) in [5.74, 6) is 0. The summed E-state index contributed by atoms with van der Waals surface area (Å²) in [4.78, 5) is 12.9. The molecule has 2 amide bonds. The van der Waals surface area contributed by atoms with Crippen molar-refractivity contribution in [1.29, 1.82) is 0 Å². The molecular weight excluding hydrogens is 370 g/mol. The first-order valence-electron chi connectivity index (χ1n) is 8.15. The highest BCUT2D eigenvalue weighted by atomic mass is 19.4. The van der Waals surface area contributed by atoms with Crippen LogP contribution in [0.2, 0.25) is 0 Å². The zero-order valence-corrected chi connectivity index (χ0v) is 15.1. The molecule has 0 radical (unpaired) electrons. The molecule has 1 fully saturated rings. The summed E-state index contributed by atoms with van der Waals surface area (Å²) in [6.07, 6.45) is -12.5. The Morgan fingerprint density at radius 1 is 0.962 bits per heavy atom. The molecule has 26 heavy (non-hydrogen) atoms. The fourth-order valence-corrected chi connectivity index (χ4v) is 2.98. The molecule has 11 heteroatoms. The molecule has 0 aromatic carbocycles. The minimum atomic E-state index is -5.70. The summed E-state index contributed by atoms with van der Waals surface area (Å²) in [5.41, 5.74) is -4.28. The maximum absolute atomic E-state index is 13.7. The number of carbonyl (C=O) groups excluding carboxylic acids is 1. The van der Waals surface area contributed by atoms with Gasteiger partial charge < -0.3 is 14.4 Å². The van der Waals surface area contributed by atoms with Crippen LogP contribution in [-0.4, -0.2) is 79.8 Å². The average molecular weight is 394 g/mol. The van der Waals surface area contributed by atoms with E-state index in [1.54, 1.807) is 13.8 Å². The lowest BCUT2D eigenvalue weighted by Crippen LogP contribution is -2.68. The largest absolute Gasteiger partial charge is 0.422 e. The first-order valence-corrected chi connectivity index (χ1v) is 8.15. The molecule has 2 unspecified atom stereocenters. The van der Waals surface area contributed by atoms with Gasteiger partial charge in [0.15, 0.2) is 0 Å². The van der Waals surface area contributed by atoms with Crippen LogP contribution in [0.15, 0.2) is 0 Å². The van der Waals surface area contributed by atoms with E-state index in [1.165, 1.54) is 14.2 Å². The van der Waals surface area contributed by atoms with E-state index < -0.39 is 49.2 Å². The van der Waals surface area contributed by atoms with Gasteiger partial charge in [0.2, 0.25) is 0 Å². The number of methoxy groups -OCH3 is 2. The van der Waals surface area contributed by atoms with Crippen LogP contribution < -0.4 is 0 Å². The third-order valence-corrected chi connectivity index (χ3v) is 4.71. The molecule has 0 spiro atoms. The molecule has 0 bridgehead atoms. The molecule has 0 aliphatic carbocycles. The van der Waals surface area contributed by atoms with Gasteiger partial charge in [-0.2, -0.15) is 26.3 Å². The summed E-state index contributed by atoms with van der Waals surface area (Å²) in [5, 5.41) is 0. The lowest BCUT2D eigenvalue weighted by molar-refractivity contribution is -0.326. The second-order valence-electron chi connectivity index (χ2n) is 6.16. The second kappa shape index (κ2) is 8.20. The van der Waals surface area contributed by atoms with Crippen LogP contribution in [0.5, 0.6) is 0 Å². The maximum atomic E-state index is 13.7. The molecule has 5 nitrogen and oxygen atoms in total. The highest BCUT2D eigenvalue weighted by Crippen LogP contribution is 2.51. The number of ether oxygens (including phenoxy) is 2. The fraction of sp³-hybridized carbons (Fsp3) is 0.933. The van der Waals surface area contributed by atoms with Crippen molar-refractivity contribution in [3.8, 4) is 0 Å². The van der Waals surface area contributed by atoms with E-state index in [0.717, 1.165) is 0 Å². The van der Waals surface area contributed by atoms with E-state index in [0.29, 0.717) is 11.3 Å². The fourth-order valence-electron chi connectivity index (χ4n) is 2.98. The molecule has 1 aliphatic heterocycles.